The third-order valence-corrected chi connectivity index (χ3v) is 3.37. The highest BCUT2D eigenvalue weighted by atomic mass is 16.5. The molecule has 0 fully saturated rings. The molecule has 0 radical (unpaired) electrons. The average molecular weight is 279 g/mol. The van der Waals surface area contributed by atoms with Crippen molar-refractivity contribution in [3.05, 3.63) is 29.8 Å². The van der Waals surface area contributed by atoms with E-state index in [0.717, 1.165) is 11.3 Å². The van der Waals surface area contributed by atoms with Gasteiger partial charge in [-0.3, -0.25) is 4.79 Å². The maximum atomic E-state index is 11.8. The van der Waals surface area contributed by atoms with Crippen molar-refractivity contribution in [3.63, 3.8) is 0 Å². The lowest BCUT2D eigenvalue weighted by Crippen LogP contribution is -2.51. The molecule has 0 aliphatic rings. The number of aryl methyl sites for hydroxylation is 1. The Morgan fingerprint density at radius 3 is 2.65 bits per heavy atom. The summed E-state index contributed by atoms with van der Waals surface area (Å²) in [4.78, 5) is 23.0. The molecule has 0 saturated carbocycles. The molecular formula is C15H21NO4. The molecule has 1 rings (SSSR count). The minimum Gasteiger partial charge on any atom is -0.497 e. The summed E-state index contributed by atoms with van der Waals surface area (Å²) in [5.74, 6) is -0.541. The van der Waals surface area contributed by atoms with Gasteiger partial charge in [0.1, 0.15) is 11.3 Å². The number of hydrogen-bond acceptors (Lipinski definition) is 3. The number of hydrogen-bond donors (Lipinski definition) is 2. The standard InChI is InChI=1S/C15H21NO4/c1-4-15(2,14(18)19)16-13(17)9-8-11-6-5-7-12(10-11)20-3/h5-7,10H,4,8-9H2,1-3H3,(H,16,17)(H,18,19). The van der Waals surface area contributed by atoms with E-state index < -0.39 is 11.5 Å². The fraction of sp³-hybridized carbons (Fsp3) is 0.467. The topological polar surface area (TPSA) is 75.6 Å². The predicted octanol–water partition coefficient (Wildman–Crippen LogP) is 2.00. The Morgan fingerprint density at radius 1 is 1.40 bits per heavy atom. The summed E-state index contributed by atoms with van der Waals surface area (Å²) in [7, 11) is 1.59. The van der Waals surface area contributed by atoms with E-state index in [4.69, 9.17) is 9.84 Å². The van der Waals surface area contributed by atoms with E-state index in [1.54, 1.807) is 14.0 Å². The first-order chi connectivity index (χ1) is 9.41. The molecule has 2 N–H and O–H groups in total. The molecule has 0 saturated heterocycles. The van der Waals surface area contributed by atoms with Gasteiger partial charge >= 0.3 is 5.97 Å². The molecule has 5 nitrogen and oxygen atoms in total. The zero-order valence-corrected chi connectivity index (χ0v) is 12.1. The van der Waals surface area contributed by atoms with Crippen LogP contribution in [0, 0.1) is 0 Å². The first-order valence-corrected chi connectivity index (χ1v) is 6.58. The van der Waals surface area contributed by atoms with Gasteiger partial charge in [-0.25, -0.2) is 4.79 Å². The van der Waals surface area contributed by atoms with Crippen molar-refractivity contribution in [3.8, 4) is 5.75 Å². The summed E-state index contributed by atoms with van der Waals surface area (Å²) in [6.45, 7) is 3.25. The SMILES string of the molecule is CCC(C)(NC(=O)CCc1cccc(OC)c1)C(=O)O. The highest BCUT2D eigenvalue weighted by molar-refractivity contribution is 5.86. The van der Waals surface area contributed by atoms with E-state index >= 15 is 0 Å². The first-order valence-electron chi connectivity index (χ1n) is 6.58. The average Bonchev–Trinajstić information content (AvgIpc) is 2.45. The fourth-order valence-electron chi connectivity index (χ4n) is 1.75. The largest absolute Gasteiger partial charge is 0.497 e. The van der Waals surface area contributed by atoms with Gasteiger partial charge in [0.2, 0.25) is 5.91 Å². The van der Waals surface area contributed by atoms with Crippen LogP contribution in [0.3, 0.4) is 0 Å². The molecule has 1 aromatic rings. The molecule has 0 heterocycles. The summed E-state index contributed by atoms with van der Waals surface area (Å²) in [5.41, 5.74) is -0.223. The van der Waals surface area contributed by atoms with E-state index in [2.05, 4.69) is 5.32 Å². The van der Waals surface area contributed by atoms with E-state index in [-0.39, 0.29) is 12.3 Å². The lowest BCUT2D eigenvalue weighted by Gasteiger charge is -2.24. The molecule has 20 heavy (non-hydrogen) atoms. The van der Waals surface area contributed by atoms with Crippen LogP contribution in [-0.4, -0.2) is 29.6 Å². The van der Waals surface area contributed by atoms with Crippen LogP contribution in [0.1, 0.15) is 32.3 Å². The van der Waals surface area contributed by atoms with Gasteiger partial charge in [0.25, 0.3) is 0 Å². The number of carbonyl (C=O) groups is 2. The van der Waals surface area contributed by atoms with Gasteiger partial charge in [-0.05, 0) is 37.5 Å². The van der Waals surface area contributed by atoms with Crippen LogP contribution in [0.5, 0.6) is 5.75 Å². The number of rotatable bonds is 7. The summed E-state index contributed by atoms with van der Waals surface area (Å²) < 4.78 is 5.11. The summed E-state index contributed by atoms with van der Waals surface area (Å²) >= 11 is 0. The van der Waals surface area contributed by atoms with Crippen molar-refractivity contribution >= 4 is 11.9 Å². The van der Waals surface area contributed by atoms with E-state index in [9.17, 15) is 9.59 Å². The Hall–Kier alpha value is -2.04. The van der Waals surface area contributed by atoms with Crippen molar-refractivity contribution in [2.45, 2.75) is 38.6 Å². The van der Waals surface area contributed by atoms with E-state index in [0.29, 0.717) is 12.8 Å². The number of aliphatic carboxylic acids is 1. The van der Waals surface area contributed by atoms with Crippen molar-refractivity contribution < 1.29 is 19.4 Å². The maximum Gasteiger partial charge on any atom is 0.329 e. The molecule has 1 amide bonds. The summed E-state index contributed by atoms with van der Waals surface area (Å²) in [6.07, 6.45) is 1.13. The number of nitrogens with one attached hydrogen (secondary N) is 1. The minimum atomic E-state index is -1.20. The molecule has 0 spiro atoms. The highest BCUT2D eigenvalue weighted by Gasteiger charge is 2.32. The van der Waals surface area contributed by atoms with E-state index in [1.165, 1.54) is 6.92 Å². The quantitative estimate of drug-likeness (QED) is 0.800. The molecule has 0 bridgehead atoms. The summed E-state index contributed by atoms with van der Waals surface area (Å²) in [6, 6.07) is 7.47. The van der Waals surface area contributed by atoms with Crippen molar-refractivity contribution in [2.75, 3.05) is 7.11 Å². The lowest BCUT2D eigenvalue weighted by atomic mass is 9.98. The van der Waals surface area contributed by atoms with Gasteiger partial charge in [-0.1, -0.05) is 19.1 Å². The monoisotopic (exact) mass is 279 g/mol. The van der Waals surface area contributed by atoms with Gasteiger partial charge in [0, 0.05) is 6.42 Å². The van der Waals surface area contributed by atoms with Gasteiger partial charge in [0.15, 0.2) is 0 Å². The number of carbonyl (C=O) groups excluding carboxylic acids is 1. The molecule has 0 aliphatic heterocycles. The smallest absolute Gasteiger partial charge is 0.329 e. The highest BCUT2D eigenvalue weighted by Crippen LogP contribution is 2.14. The third-order valence-electron chi connectivity index (χ3n) is 3.37. The number of carboxylic acid groups (broad SMARTS) is 1. The number of amides is 1. The first kappa shape index (κ1) is 16.0. The maximum absolute atomic E-state index is 11.8. The molecule has 1 unspecified atom stereocenters. The van der Waals surface area contributed by atoms with Crippen LogP contribution < -0.4 is 10.1 Å². The Kier molecular flexibility index (Phi) is 5.55. The van der Waals surface area contributed by atoms with Gasteiger partial charge in [0.05, 0.1) is 7.11 Å². The molecule has 0 aromatic heterocycles. The Labute approximate surface area is 118 Å². The van der Waals surface area contributed by atoms with Gasteiger partial charge in [-0.2, -0.15) is 0 Å². The second-order valence-corrected chi connectivity index (χ2v) is 4.89. The van der Waals surface area contributed by atoms with Crippen LogP contribution in [0.4, 0.5) is 0 Å². The second kappa shape index (κ2) is 6.93. The molecule has 1 atom stereocenters. The summed E-state index contributed by atoms with van der Waals surface area (Å²) in [5, 5.41) is 11.7. The number of ether oxygens (including phenoxy) is 1. The number of methoxy groups -OCH3 is 1. The van der Waals surface area contributed by atoms with Crippen LogP contribution >= 0.6 is 0 Å². The lowest BCUT2D eigenvalue weighted by molar-refractivity contribution is -0.147. The van der Waals surface area contributed by atoms with Crippen LogP contribution in [0.25, 0.3) is 0 Å². The Balaban J connectivity index is 2.57. The van der Waals surface area contributed by atoms with Gasteiger partial charge < -0.3 is 15.2 Å². The Bertz CT molecular complexity index is 487. The van der Waals surface area contributed by atoms with Crippen LogP contribution in [-0.2, 0) is 16.0 Å². The number of carboxylic acids is 1. The zero-order valence-electron chi connectivity index (χ0n) is 12.1. The van der Waals surface area contributed by atoms with Crippen LogP contribution in [0.15, 0.2) is 24.3 Å². The van der Waals surface area contributed by atoms with Crippen LogP contribution in [0.2, 0.25) is 0 Å². The van der Waals surface area contributed by atoms with Crippen molar-refractivity contribution in [2.24, 2.45) is 0 Å². The normalized spacial score (nSPS) is 13.3. The van der Waals surface area contributed by atoms with E-state index in [1.807, 2.05) is 24.3 Å². The molecule has 5 heteroatoms. The molecule has 0 aliphatic carbocycles. The molecule has 1 aromatic carbocycles. The fourth-order valence-corrected chi connectivity index (χ4v) is 1.75. The molecule has 110 valence electrons. The van der Waals surface area contributed by atoms with Crippen molar-refractivity contribution in [1.82, 2.24) is 5.32 Å². The Morgan fingerprint density at radius 2 is 2.10 bits per heavy atom. The second-order valence-electron chi connectivity index (χ2n) is 4.89. The molecular weight excluding hydrogens is 258 g/mol. The third kappa shape index (κ3) is 4.26. The van der Waals surface area contributed by atoms with Gasteiger partial charge in [-0.15, -0.1) is 0 Å². The predicted molar refractivity (Wildman–Crippen MR) is 75.8 cm³/mol. The number of benzene rings is 1. The zero-order chi connectivity index (χ0) is 15.2. The van der Waals surface area contributed by atoms with Crippen molar-refractivity contribution in [1.29, 1.82) is 0 Å². The minimum absolute atomic E-state index is 0.246.